The molecule has 0 N–H and O–H groups in total. The number of esters is 1. The standard InChI is InChI=1S/C14H18O2/c1-5-10-14(4,12-8-6-7-9-12)16-13(15)11(2)3/h6,8,12H,2,7,9H2,1,3-4H3. The highest BCUT2D eigenvalue weighted by molar-refractivity contribution is 5.87. The van der Waals surface area contributed by atoms with Crippen LogP contribution in [0.4, 0.5) is 0 Å². The van der Waals surface area contributed by atoms with Gasteiger partial charge in [-0.05, 0) is 33.6 Å². The van der Waals surface area contributed by atoms with Crippen LogP contribution < -0.4 is 0 Å². The second-order valence-electron chi connectivity index (χ2n) is 4.26. The Balaban J connectivity index is 2.86. The number of ether oxygens (including phenoxy) is 1. The predicted molar refractivity (Wildman–Crippen MR) is 64.6 cm³/mol. The lowest BCUT2D eigenvalue weighted by molar-refractivity contribution is -0.150. The average Bonchev–Trinajstić information content (AvgIpc) is 2.70. The van der Waals surface area contributed by atoms with Crippen LogP contribution in [0.15, 0.2) is 24.3 Å². The van der Waals surface area contributed by atoms with Crippen LogP contribution >= 0.6 is 0 Å². The number of rotatable bonds is 3. The highest BCUT2D eigenvalue weighted by Gasteiger charge is 2.36. The van der Waals surface area contributed by atoms with Crippen molar-refractivity contribution in [3.05, 3.63) is 24.3 Å². The van der Waals surface area contributed by atoms with E-state index in [1.807, 2.05) is 6.92 Å². The first-order valence-corrected chi connectivity index (χ1v) is 5.49. The Labute approximate surface area is 97.4 Å². The number of hydrogen-bond acceptors (Lipinski definition) is 2. The van der Waals surface area contributed by atoms with Gasteiger partial charge >= 0.3 is 5.97 Å². The quantitative estimate of drug-likeness (QED) is 0.315. The summed E-state index contributed by atoms with van der Waals surface area (Å²) < 4.78 is 5.46. The summed E-state index contributed by atoms with van der Waals surface area (Å²) in [6, 6.07) is 0. The first-order valence-electron chi connectivity index (χ1n) is 5.49. The van der Waals surface area contributed by atoms with E-state index >= 15 is 0 Å². The molecule has 86 valence electrons. The van der Waals surface area contributed by atoms with Gasteiger partial charge in [0.2, 0.25) is 0 Å². The van der Waals surface area contributed by atoms with Crippen molar-refractivity contribution in [1.29, 1.82) is 0 Å². The van der Waals surface area contributed by atoms with E-state index < -0.39 is 5.60 Å². The Morgan fingerprint density at radius 1 is 1.62 bits per heavy atom. The summed E-state index contributed by atoms with van der Waals surface area (Å²) in [5, 5.41) is 0. The molecule has 2 nitrogen and oxygen atoms in total. The van der Waals surface area contributed by atoms with Crippen molar-refractivity contribution in [2.45, 2.75) is 39.2 Å². The van der Waals surface area contributed by atoms with E-state index in [1.165, 1.54) is 0 Å². The molecule has 16 heavy (non-hydrogen) atoms. The van der Waals surface area contributed by atoms with Gasteiger partial charge < -0.3 is 4.74 Å². The highest BCUT2D eigenvalue weighted by atomic mass is 16.6. The molecule has 0 saturated carbocycles. The van der Waals surface area contributed by atoms with Gasteiger partial charge in [-0.1, -0.05) is 24.7 Å². The Morgan fingerprint density at radius 3 is 2.75 bits per heavy atom. The van der Waals surface area contributed by atoms with E-state index in [4.69, 9.17) is 4.74 Å². The summed E-state index contributed by atoms with van der Waals surface area (Å²) in [5.41, 5.74) is -0.316. The monoisotopic (exact) mass is 218 g/mol. The topological polar surface area (TPSA) is 26.3 Å². The molecule has 2 heteroatoms. The van der Waals surface area contributed by atoms with E-state index in [0.717, 1.165) is 12.8 Å². The number of hydrogen-bond donors (Lipinski definition) is 0. The molecule has 0 aromatic heterocycles. The zero-order chi connectivity index (χ0) is 12.2. The normalized spacial score (nSPS) is 21.8. The third-order valence-electron chi connectivity index (χ3n) is 2.75. The molecule has 1 aliphatic carbocycles. The zero-order valence-corrected chi connectivity index (χ0v) is 10.2. The van der Waals surface area contributed by atoms with Gasteiger partial charge in [0, 0.05) is 11.5 Å². The minimum Gasteiger partial charge on any atom is -0.442 e. The summed E-state index contributed by atoms with van der Waals surface area (Å²) in [4.78, 5) is 11.6. The summed E-state index contributed by atoms with van der Waals surface area (Å²) in [6.07, 6.45) is 6.19. The van der Waals surface area contributed by atoms with E-state index in [9.17, 15) is 4.79 Å². The maximum Gasteiger partial charge on any atom is 0.334 e. The summed E-state index contributed by atoms with van der Waals surface area (Å²) in [7, 11) is 0. The SMILES string of the molecule is C=C(C)C(=O)OC(C)(C#CC)C1C=CCC1. The van der Waals surface area contributed by atoms with Gasteiger partial charge in [0.05, 0.1) is 0 Å². The van der Waals surface area contributed by atoms with Crippen molar-refractivity contribution >= 4 is 5.97 Å². The predicted octanol–water partition coefficient (Wildman–Crippen LogP) is 2.85. The first kappa shape index (κ1) is 12.6. The van der Waals surface area contributed by atoms with Crippen LogP contribution in [0.5, 0.6) is 0 Å². The van der Waals surface area contributed by atoms with Crippen LogP contribution in [0.2, 0.25) is 0 Å². The molecule has 0 bridgehead atoms. The zero-order valence-electron chi connectivity index (χ0n) is 10.2. The minimum atomic E-state index is -0.724. The van der Waals surface area contributed by atoms with Gasteiger partial charge in [-0.25, -0.2) is 4.79 Å². The number of allylic oxidation sites excluding steroid dienone is 1. The van der Waals surface area contributed by atoms with Crippen molar-refractivity contribution in [2.24, 2.45) is 5.92 Å². The molecule has 0 aromatic rings. The van der Waals surface area contributed by atoms with E-state index in [1.54, 1.807) is 13.8 Å². The third-order valence-corrected chi connectivity index (χ3v) is 2.75. The lowest BCUT2D eigenvalue weighted by Gasteiger charge is -2.29. The smallest absolute Gasteiger partial charge is 0.334 e. The molecule has 0 aliphatic heterocycles. The van der Waals surface area contributed by atoms with Crippen LogP contribution in [0.25, 0.3) is 0 Å². The van der Waals surface area contributed by atoms with Crippen molar-refractivity contribution in [1.82, 2.24) is 0 Å². The van der Waals surface area contributed by atoms with Crippen molar-refractivity contribution in [3.8, 4) is 11.8 Å². The number of carbonyl (C=O) groups is 1. The van der Waals surface area contributed by atoms with Crippen molar-refractivity contribution in [3.63, 3.8) is 0 Å². The second-order valence-corrected chi connectivity index (χ2v) is 4.26. The highest BCUT2D eigenvalue weighted by Crippen LogP contribution is 2.31. The Hall–Kier alpha value is -1.49. The molecule has 2 unspecified atom stereocenters. The van der Waals surface area contributed by atoms with Gasteiger partial charge in [-0.3, -0.25) is 0 Å². The molecule has 0 amide bonds. The maximum atomic E-state index is 11.6. The molecule has 1 aliphatic rings. The van der Waals surface area contributed by atoms with E-state index in [-0.39, 0.29) is 11.9 Å². The first-order chi connectivity index (χ1) is 7.49. The van der Waals surface area contributed by atoms with Crippen LogP contribution in [0.3, 0.4) is 0 Å². The lowest BCUT2D eigenvalue weighted by atomic mass is 9.89. The van der Waals surface area contributed by atoms with Gasteiger partial charge in [-0.15, -0.1) is 5.92 Å². The molecule has 0 radical (unpaired) electrons. The van der Waals surface area contributed by atoms with E-state index in [2.05, 4.69) is 30.6 Å². The summed E-state index contributed by atoms with van der Waals surface area (Å²) >= 11 is 0. The summed E-state index contributed by atoms with van der Waals surface area (Å²) in [6.45, 7) is 8.85. The van der Waals surface area contributed by atoms with Gasteiger partial charge in [0.1, 0.15) is 0 Å². The molecule has 0 spiro atoms. The third kappa shape index (κ3) is 2.76. The Kier molecular flexibility index (Phi) is 3.95. The Morgan fingerprint density at radius 2 is 2.31 bits per heavy atom. The van der Waals surface area contributed by atoms with Gasteiger partial charge in [0.25, 0.3) is 0 Å². The van der Waals surface area contributed by atoms with Gasteiger partial charge in [0.15, 0.2) is 5.60 Å². The van der Waals surface area contributed by atoms with Crippen molar-refractivity contribution < 1.29 is 9.53 Å². The average molecular weight is 218 g/mol. The molecular formula is C14H18O2. The summed E-state index contributed by atoms with van der Waals surface area (Å²) in [5.74, 6) is 5.65. The Bertz CT molecular complexity index is 381. The largest absolute Gasteiger partial charge is 0.442 e. The van der Waals surface area contributed by atoms with Crippen molar-refractivity contribution in [2.75, 3.05) is 0 Å². The second kappa shape index (κ2) is 5.03. The molecule has 0 heterocycles. The molecule has 0 aromatic carbocycles. The maximum absolute atomic E-state index is 11.6. The minimum absolute atomic E-state index is 0.184. The van der Waals surface area contributed by atoms with Gasteiger partial charge in [-0.2, -0.15) is 0 Å². The molecule has 2 atom stereocenters. The fourth-order valence-corrected chi connectivity index (χ4v) is 1.81. The van der Waals surface area contributed by atoms with Crippen LogP contribution in [-0.2, 0) is 9.53 Å². The fourth-order valence-electron chi connectivity index (χ4n) is 1.81. The van der Waals surface area contributed by atoms with Crippen LogP contribution in [0, 0.1) is 17.8 Å². The van der Waals surface area contributed by atoms with E-state index in [0.29, 0.717) is 5.57 Å². The molecule has 1 rings (SSSR count). The molecular weight excluding hydrogens is 200 g/mol. The fraction of sp³-hybridized carbons (Fsp3) is 0.500. The molecule has 0 saturated heterocycles. The number of carbonyl (C=O) groups excluding carboxylic acids is 1. The van der Waals surface area contributed by atoms with Crippen LogP contribution in [-0.4, -0.2) is 11.6 Å². The lowest BCUT2D eigenvalue weighted by Crippen LogP contribution is -2.37. The molecule has 0 fully saturated rings. The van der Waals surface area contributed by atoms with Crippen LogP contribution in [0.1, 0.15) is 33.6 Å².